The van der Waals surface area contributed by atoms with E-state index in [1.807, 2.05) is 26.0 Å². The molecule has 4 atom stereocenters. The summed E-state index contributed by atoms with van der Waals surface area (Å²) in [6.45, 7) is 3.96. The molecule has 2 fully saturated rings. The monoisotopic (exact) mass is 330 g/mol. The zero-order valence-corrected chi connectivity index (χ0v) is 13.9. The lowest BCUT2D eigenvalue weighted by atomic mass is 9.85. The number of amides is 3. The third-order valence-electron chi connectivity index (χ3n) is 5.39. The minimum absolute atomic E-state index is 0.151. The van der Waals surface area contributed by atoms with E-state index in [0.29, 0.717) is 5.56 Å². The van der Waals surface area contributed by atoms with Gasteiger partial charge in [0.15, 0.2) is 0 Å². The minimum Gasteiger partial charge on any atom is -0.272 e. The molecule has 2 aliphatic carbocycles. The lowest BCUT2D eigenvalue weighted by molar-refractivity contribution is -0.143. The number of carbonyl (C=O) groups is 3. The molecule has 4 rings (SSSR count). The van der Waals surface area contributed by atoms with E-state index in [9.17, 15) is 14.4 Å². The highest BCUT2D eigenvalue weighted by atomic mass is 32.1. The molecule has 2 heterocycles. The van der Waals surface area contributed by atoms with Gasteiger partial charge < -0.3 is 0 Å². The van der Waals surface area contributed by atoms with Gasteiger partial charge in [-0.25, -0.2) is 0 Å². The molecule has 1 saturated heterocycles. The van der Waals surface area contributed by atoms with Crippen LogP contribution in [0.5, 0.6) is 0 Å². The average Bonchev–Trinajstić information content (AvgIpc) is 3.27. The maximum Gasteiger partial charge on any atom is 0.271 e. The Kier molecular flexibility index (Phi) is 3.20. The number of nitrogens with zero attached hydrogens (tertiary/aromatic N) is 1. The van der Waals surface area contributed by atoms with Crippen LogP contribution in [0.25, 0.3) is 0 Å². The van der Waals surface area contributed by atoms with Crippen molar-refractivity contribution < 1.29 is 14.4 Å². The van der Waals surface area contributed by atoms with E-state index >= 15 is 0 Å². The Hall–Kier alpha value is -1.95. The zero-order chi connectivity index (χ0) is 16.3. The summed E-state index contributed by atoms with van der Waals surface area (Å²) in [6.07, 6.45) is 5.72. The normalized spacial score (nSPS) is 31.1. The van der Waals surface area contributed by atoms with E-state index in [0.717, 1.165) is 28.3 Å². The van der Waals surface area contributed by atoms with Crippen LogP contribution in [0.1, 0.15) is 34.1 Å². The van der Waals surface area contributed by atoms with Gasteiger partial charge in [-0.2, -0.15) is 5.01 Å². The molecule has 0 aromatic carbocycles. The number of imide groups is 1. The number of aryl methyl sites for hydroxylation is 1. The predicted molar refractivity (Wildman–Crippen MR) is 85.5 cm³/mol. The number of nitrogens with one attached hydrogen (secondary N) is 1. The Morgan fingerprint density at radius 1 is 1.26 bits per heavy atom. The minimum atomic E-state index is -0.367. The fourth-order valence-corrected chi connectivity index (χ4v) is 5.22. The van der Waals surface area contributed by atoms with Crippen LogP contribution in [0, 0.1) is 30.6 Å². The Morgan fingerprint density at radius 3 is 2.43 bits per heavy atom. The molecule has 120 valence electrons. The van der Waals surface area contributed by atoms with Crippen molar-refractivity contribution >= 4 is 29.1 Å². The van der Waals surface area contributed by atoms with Crippen molar-refractivity contribution in [2.45, 2.75) is 26.7 Å². The van der Waals surface area contributed by atoms with Crippen molar-refractivity contribution in [1.29, 1.82) is 0 Å². The smallest absolute Gasteiger partial charge is 0.271 e. The molecule has 3 amide bonds. The Labute approximate surface area is 138 Å². The SMILES string of the molecule is CCc1c(C(=O)NN2C(=O)[C@@H]3[C@@H](C2=O)[C@H]2C=C[C@H]3C2)csc1C. The number of carbonyl (C=O) groups excluding carboxylic acids is 3. The summed E-state index contributed by atoms with van der Waals surface area (Å²) >= 11 is 1.51. The molecule has 5 nitrogen and oxygen atoms in total. The molecule has 6 heteroatoms. The quantitative estimate of drug-likeness (QED) is 0.681. The van der Waals surface area contributed by atoms with Gasteiger partial charge >= 0.3 is 0 Å². The number of rotatable bonds is 3. The number of allylic oxidation sites excluding steroid dienone is 2. The Balaban J connectivity index is 1.57. The summed E-state index contributed by atoms with van der Waals surface area (Å²) in [7, 11) is 0. The van der Waals surface area contributed by atoms with Crippen LogP contribution >= 0.6 is 11.3 Å². The maximum absolute atomic E-state index is 12.6. The van der Waals surface area contributed by atoms with Crippen molar-refractivity contribution in [3.8, 4) is 0 Å². The molecule has 1 N–H and O–H groups in total. The van der Waals surface area contributed by atoms with Crippen molar-refractivity contribution in [3.63, 3.8) is 0 Å². The van der Waals surface area contributed by atoms with Crippen LogP contribution in [0.3, 0.4) is 0 Å². The van der Waals surface area contributed by atoms with E-state index in [1.54, 1.807) is 5.38 Å². The van der Waals surface area contributed by atoms with Gasteiger partial charge in [-0.05, 0) is 37.2 Å². The number of hydrogen-bond acceptors (Lipinski definition) is 4. The van der Waals surface area contributed by atoms with Gasteiger partial charge in [-0.15, -0.1) is 11.3 Å². The van der Waals surface area contributed by atoms with Gasteiger partial charge in [0.05, 0.1) is 17.4 Å². The molecular formula is C17H18N2O3S. The summed E-state index contributed by atoms with van der Waals surface area (Å²) in [4.78, 5) is 38.8. The van der Waals surface area contributed by atoms with Crippen molar-refractivity contribution in [2.24, 2.45) is 23.7 Å². The number of hydrazine groups is 1. The third-order valence-corrected chi connectivity index (χ3v) is 6.34. The van der Waals surface area contributed by atoms with E-state index < -0.39 is 0 Å². The molecule has 0 unspecified atom stereocenters. The first-order chi connectivity index (χ1) is 11.0. The van der Waals surface area contributed by atoms with Gasteiger partial charge in [0, 0.05) is 10.3 Å². The summed E-state index contributed by atoms with van der Waals surface area (Å²) < 4.78 is 0. The topological polar surface area (TPSA) is 66.5 Å². The van der Waals surface area contributed by atoms with Crippen LogP contribution in [-0.4, -0.2) is 22.7 Å². The first-order valence-corrected chi connectivity index (χ1v) is 8.85. The zero-order valence-electron chi connectivity index (χ0n) is 13.0. The maximum atomic E-state index is 12.6. The molecule has 0 radical (unpaired) electrons. The van der Waals surface area contributed by atoms with Crippen LogP contribution in [0.4, 0.5) is 0 Å². The van der Waals surface area contributed by atoms with Crippen LogP contribution in [0.15, 0.2) is 17.5 Å². The van der Waals surface area contributed by atoms with Crippen molar-refractivity contribution in [3.05, 3.63) is 33.5 Å². The first-order valence-electron chi connectivity index (χ1n) is 7.97. The van der Waals surface area contributed by atoms with E-state index in [-0.39, 0.29) is 41.4 Å². The molecule has 23 heavy (non-hydrogen) atoms. The van der Waals surface area contributed by atoms with E-state index in [1.165, 1.54) is 11.3 Å². The van der Waals surface area contributed by atoms with Crippen LogP contribution < -0.4 is 5.43 Å². The summed E-state index contributed by atoms with van der Waals surface area (Å²) in [5.74, 6) is -1.14. The van der Waals surface area contributed by atoms with Crippen molar-refractivity contribution in [2.75, 3.05) is 0 Å². The largest absolute Gasteiger partial charge is 0.272 e. The molecular weight excluding hydrogens is 312 g/mol. The third kappa shape index (κ3) is 1.94. The molecule has 1 aromatic heterocycles. The lowest BCUT2D eigenvalue weighted by Gasteiger charge is -2.18. The number of fused-ring (bicyclic) bond motifs is 5. The van der Waals surface area contributed by atoms with Crippen LogP contribution in [-0.2, 0) is 16.0 Å². The molecule has 3 aliphatic rings. The fraction of sp³-hybridized carbons (Fsp3) is 0.471. The molecule has 1 saturated carbocycles. The molecule has 1 aliphatic heterocycles. The summed E-state index contributed by atoms with van der Waals surface area (Å²) in [6, 6.07) is 0. The lowest BCUT2D eigenvalue weighted by Crippen LogP contribution is -2.47. The van der Waals surface area contributed by atoms with Gasteiger partial charge in [0.2, 0.25) is 0 Å². The summed E-state index contributed by atoms with van der Waals surface area (Å²) in [5.41, 5.74) is 4.10. The highest BCUT2D eigenvalue weighted by molar-refractivity contribution is 7.10. The van der Waals surface area contributed by atoms with Crippen LogP contribution in [0.2, 0.25) is 0 Å². The van der Waals surface area contributed by atoms with Gasteiger partial charge in [-0.1, -0.05) is 19.1 Å². The average molecular weight is 330 g/mol. The second-order valence-corrected chi connectivity index (χ2v) is 7.57. The second-order valence-electron chi connectivity index (χ2n) is 6.49. The van der Waals surface area contributed by atoms with Gasteiger partial charge in [-0.3, -0.25) is 19.8 Å². The first kappa shape index (κ1) is 14.6. The van der Waals surface area contributed by atoms with Gasteiger partial charge in [0.1, 0.15) is 0 Å². The highest BCUT2D eigenvalue weighted by Crippen LogP contribution is 2.52. The summed E-state index contributed by atoms with van der Waals surface area (Å²) in [5, 5.41) is 2.76. The predicted octanol–water partition coefficient (Wildman–Crippen LogP) is 2.07. The van der Waals surface area contributed by atoms with E-state index in [4.69, 9.17) is 0 Å². The molecule has 0 spiro atoms. The fourth-order valence-electron chi connectivity index (χ4n) is 4.28. The van der Waals surface area contributed by atoms with Crippen molar-refractivity contribution in [1.82, 2.24) is 10.4 Å². The second kappa shape index (κ2) is 5.03. The Morgan fingerprint density at radius 2 is 1.87 bits per heavy atom. The Bertz CT molecular complexity index is 721. The molecule has 2 bridgehead atoms. The number of hydrogen-bond donors (Lipinski definition) is 1. The highest BCUT2D eigenvalue weighted by Gasteiger charge is 2.59. The van der Waals surface area contributed by atoms with E-state index in [2.05, 4.69) is 5.43 Å². The number of thiophene rings is 1. The van der Waals surface area contributed by atoms with Gasteiger partial charge in [0.25, 0.3) is 17.7 Å². The molecule has 1 aromatic rings. The standard InChI is InChI=1S/C17H18N2O3S/c1-3-11-8(2)23-7-12(11)15(20)18-19-16(21)13-9-4-5-10(6-9)14(13)17(19)22/h4-5,7,9-10,13-14H,3,6H2,1-2H3,(H,18,20)/t9-,10-,13-,14-/m0/s1.